The first-order valence-electron chi connectivity index (χ1n) is 11.2. The van der Waals surface area contributed by atoms with Crippen molar-refractivity contribution in [3.8, 4) is 22.6 Å². The first-order chi connectivity index (χ1) is 15.5. The second-order valence-electron chi connectivity index (χ2n) is 9.05. The standard InChI is InChI=1S/C25H30N4O3/c1-16-12-28(13-16)15-21-22(31-3)8-17(9-23(21)32-4)20-14-27(2)25(30)19-11-26-24(10-18(19)20)29-6-5-7-29/h8-11,14,16H,5-7,12-13,15H2,1-4H3. The van der Waals surface area contributed by atoms with Gasteiger partial charge >= 0.3 is 0 Å². The first-order valence-corrected chi connectivity index (χ1v) is 11.2. The zero-order valence-corrected chi connectivity index (χ0v) is 19.2. The second kappa shape index (κ2) is 8.13. The average molecular weight is 435 g/mol. The summed E-state index contributed by atoms with van der Waals surface area (Å²) in [6.07, 6.45) is 4.78. The average Bonchev–Trinajstić information content (AvgIpc) is 2.73. The lowest BCUT2D eigenvalue weighted by Gasteiger charge is -2.37. The van der Waals surface area contributed by atoms with Crippen molar-refractivity contribution in [1.82, 2.24) is 14.5 Å². The molecular weight excluding hydrogens is 404 g/mol. The molecule has 0 atom stereocenters. The molecule has 0 amide bonds. The van der Waals surface area contributed by atoms with Crippen LogP contribution in [0.1, 0.15) is 18.9 Å². The van der Waals surface area contributed by atoms with E-state index in [9.17, 15) is 4.79 Å². The lowest BCUT2D eigenvalue weighted by Crippen LogP contribution is -2.44. The minimum atomic E-state index is -0.0473. The van der Waals surface area contributed by atoms with Gasteiger partial charge in [0, 0.05) is 63.1 Å². The summed E-state index contributed by atoms with van der Waals surface area (Å²) in [6.45, 7) is 7.25. The predicted octanol–water partition coefficient (Wildman–Crippen LogP) is 3.28. The minimum absolute atomic E-state index is 0.0473. The van der Waals surface area contributed by atoms with Gasteiger partial charge in [-0.3, -0.25) is 9.69 Å². The Morgan fingerprint density at radius 2 is 1.75 bits per heavy atom. The molecule has 1 aromatic carbocycles. The van der Waals surface area contributed by atoms with Crippen LogP contribution < -0.4 is 19.9 Å². The van der Waals surface area contributed by atoms with Gasteiger partial charge in [0.1, 0.15) is 17.3 Å². The van der Waals surface area contributed by atoms with Crippen LogP contribution in [0.15, 0.2) is 35.4 Å². The van der Waals surface area contributed by atoms with E-state index < -0.39 is 0 Å². The van der Waals surface area contributed by atoms with E-state index in [1.54, 1.807) is 32.0 Å². The maximum atomic E-state index is 12.8. The van der Waals surface area contributed by atoms with Crippen molar-refractivity contribution in [2.45, 2.75) is 19.9 Å². The Morgan fingerprint density at radius 3 is 2.31 bits per heavy atom. The molecule has 0 spiro atoms. The smallest absolute Gasteiger partial charge is 0.259 e. The van der Waals surface area contributed by atoms with E-state index in [-0.39, 0.29) is 5.56 Å². The van der Waals surface area contributed by atoms with Gasteiger partial charge in [-0.25, -0.2) is 4.98 Å². The zero-order chi connectivity index (χ0) is 22.4. The van der Waals surface area contributed by atoms with Crippen molar-refractivity contribution in [1.29, 1.82) is 0 Å². The van der Waals surface area contributed by atoms with Crippen LogP contribution in [0, 0.1) is 5.92 Å². The number of methoxy groups -OCH3 is 2. The molecule has 2 aliphatic heterocycles. The number of ether oxygens (including phenoxy) is 2. The fourth-order valence-corrected chi connectivity index (χ4v) is 4.77. The molecule has 0 aliphatic carbocycles. The van der Waals surface area contributed by atoms with Gasteiger partial charge < -0.3 is 18.9 Å². The number of hydrogen-bond donors (Lipinski definition) is 0. The highest BCUT2D eigenvalue weighted by Gasteiger charge is 2.26. The van der Waals surface area contributed by atoms with Crippen LogP contribution in [0.3, 0.4) is 0 Å². The van der Waals surface area contributed by atoms with Gasteiger partial charge in [-0.15, -0.1) is 0 Å². The number of hydrogen-bond acceptors (Lipinski definition) is 6. The van der Waals surface area contributed by atoms with Gasteiger partial charge in [0.25, 0.3) is 5.56 Å². The Kier molecular flexibility index (Phi) is 5.29. The molecule has 5 rings (SSSR count). The second-order valence-corrected chi connectivity index (χ2v) is 9.05. The van der Waals surface area contributed by atoms with E-state index in [2.05, 4.69) is 33.8 Å². The molecule has 0 unspecified atom stereocenters. The third-order valence-corrected chi connectivity index (χ3v) is 6.67. The van der Waals surface area contributed by atoms with Crippen molar-refractivity contribution >= 4 is 16.6 Å². The lowest BCUT2D eigenvalue weighted by atomic mass is 9.97. The van der Waals surface area contributed by atoms with Gasteiger partial charge in [-0.05, 0) is 36.1 Å². The Bertz CT molecular complexity index is 1200. The monoisotopic (exact) mass is 434 g/mol. The number of aryl methyl sites for hydroxylation is 1. The molecule has 0 saturated carbocycles. The summed E-state index contributed by atoms with van der Waals surface area (Å²) in [5, 5.41) is 1.52. The molecule has 32 heavy (non-hydrogen) atoms. The quantitative estimate of drug-likeness (QED) is 0.594. The molecule has 7 nitrogen and oxygen atoms in total. The van der Waals surface area contributed by atoms with Crippen LogP contribution in [0.25, 0.3) is 21.9 Å². The van der Waals surface area contributed by atoms with Crippen molar-refractivity contribution < 1.29 is 9.47 Å². The van der Waals surface area contributed by atoms with Crippen molar-refractivity contribution in [3.63, 3.8) is 0 Å². The number of aromatic nitrogens is 2. The van der Waals surface area contributed by atoms with Crippen LogP contribution in [0.2, 0.25) is 0 Å². The summed E-state index contributed by atoms with van der Waals surface area (Å²) in [5.41, 5.74) is 2.93. The van der Waals surface area contributed by atoms with E-state index in [1.807, 2.05) is 12.3 Å². The van der Waals surface area contributed by atoms with Gasteiger partial charge in [0.2, 0.25) is 0 Å². The number of anilines is 1. The highest BCUT2D eigenvalue weighted by atomic mass is 16.5. The Balaban J connectivity index is 1.65. The van der Waals surface area contributed by atoms with Crippen molar-refractivity contribution in [2.24, 2.45) is 13.0 Å². The highest BCUT2D eigenvalue weighted by Crippen LogP contribution is 2.39. The van der Waals surface area contributed by atoms with E-state index in [1.165, 1.54) is 6.42 Å². The summed E-state index contributed by atoms with van der Waals surface area (Å²) >= 11 is 0. The number of nitrogens with zero attached hydrogens (tertiary/aromatic N) is 4. The summed E-state index contributed by atoms with van der Waals surface area (Å²) < 4.78 is 13.2. The van der Waals surface area contributed by atoms with Crippen molar-refractivity contribution in [3.05, 3.63) is 46.5 Å². The third-order valence-electron chi connectivity index (χ3n) is 6.67. The predicted molar refractivity (Wildman–Crippen MR) is 127 cm³/mol. The van der Waals surface area contributed by atoms with Gasteiger partial charge in [0.15, 0.2) is 0 Å². The van der Waals surface area contributed by atoms with Gasteiger partial charge in [-0.2, -0.15) is 0 Å². The fourth-order valence-electron chi connectivity index (χ4n) is 4.77. The molecule has 4 heterocycles. The molecule has 0 N–H and O–H groups in total. The minimum Gasteiger partial charge on any atom is -0.496 e. The SMILES string of the molecule is COc1cc(-c2cn(C)c(=O)c3cnc(N4CCC4)cc23)cc(OC)c1CN1CC(C)C1. The van der Waals surface area contributed by atoms with Crippen LogP contribution in [-0.4, -0.2) is 54.8 Å². The Morgan fingerprint density at radius 1 is 1.06 bits per heavy atom. The van der Waals surface area contributed by atoms with Crippen LogP contribution in [0.4, 0.5) is 5.82 Å². The fraction of sp³-hybridized carbons (Fsp3) is 0.440. The van der Waals surface area contributed by atoms with E-state index >= 15 is 0 Å². The number of pyridine rings is 2. The highest BCUT2D eigenvalue weighted by molar-refractivity contribution is 5.97. The van der Waals surface area contributed by atoms with Gasteiger partial charge in [-0.1, -0.05) is 6.92 Å². The largest absolute Gasteiger partial charge is 0.496 e. The van der Waals surface area contributed by atoms with E-state index in [4.69, 9.17) is 9.47 Å². The van der Waals surface area contributed by atoms with Crippen LogP contribution in [-0.2, 0) is 13.6 Å². The number of rotatable bonds is 6. The molecule has 2 aromatic heterocycles. The maximum Gasteiger partial charge on any atom is 0.259 e. The molecular formula is C25H30N4O3. The third kappa shape index (κ3) is 3.50. The Hall–Kier alpha value is -3.06. The molecule has 2 fully saturated rings. The Labute approximate surface area is 188 Å². The number of benzene rings is 1. The molecule has 2 saturated heterocycles. The molecule has 0 radical (unpaired) electrons. The summed E-state index contributed by atoms with van der Waals surface area (Å²) in [6, 6.07) is 6.16. The normalized spacial score (nSPS) is 16.7. The first kappa shape index (κ1) is 20.8. The van der Waals surface area contributed by atoms with Crippen LogP contribution >= 0.6 is 0 Å². The molecule has 0 bridgehead atoms. The van der Waals surface area contributed by atoms with E-state index in [0.717, 1.165) is 78.0 Å². The molecule has 3 aromatic rings. The zero-order valence-electron chi connectivity index (χ0n) is 19.2. The lowest BCUT2D eigenvalue weighted by molar-refractivity contribution is 0.103. The topological polar surface area (TPSA) is 59.8 Å². The van der Waals surface area contributed by atoms with Gasteiger partial charge in [0.05, 0.1) is 25.2 Å². The summed E-state index contributed by atoms with van der Waals surface area (Å²) in [4.78, 5) is 22.0. The van der Waals surface area contributed by atoms with E-state index in [0.29, 0.717) is 5.39 Å². The number of likely N-dealkylation sites (tertiary alicyclic amines) is 1. The van der Waals surface area contributed by atoms with Crippen molar-refractivity contribution in [2.75, 3.05) is 45.3 Å². The molecule has 7 heteroatoms. The molecule has 168 valence electrons. The number of fused-ring (bicyclic) bond motifs is 1. The molecule has 2 aliphatic rings. The summed E-state index contributed by atoms with van der Waals surface area (Å²) in [5.74, 6) is 3.26. The maximum absolute atomic E-state index is 12.8. The van der Waals surface area contributed by atoms with Crippen LogP contribution in [0.5, 0.6) is 11.5 Å². The summed E-state index contributed by atoms with van der Waals surface area (Å²) in [7, 11) is 5.18.